The lowest BCUT2D eigenvalue weighted by molar-refractivity contribution is 0.0595. The highest BCUT2D eigenvalue weighted by Crippen LogP contribution is 2.42. The number of hydrogen-bond donors (Lipinski definition) is 1. The summed E-state index contributed by atoms with van der Waals surface area (Å²) in [5.41, 5.74) is 2.16. The van der Waals surface area contributed by atoms with Crippen LogP contribution in [-0.4, -0.2) is 32.4 Å². The zero-order valence-corrected chi connectivity index (χ0v) is 18.8. The highest BCUT2D eigenvalue weighted by Gasteiger charge is 2.37. The minimum atomic E-state index is -3.75. The maximum atomic E-state index is 13.4. The number of ether oxygens (including phenoxy) is 2. The number of rotatable bonds is 6. The minimum Gasteiger partial charge on any atom is -0.488 e. The maximum Gasteiger partial charge on any atom is 0.341 e. The highest BCUT2D eigenvalue weighted by atomic mass is 32.2. The van der Waals surface area contributed by atoms with Crippen molar-refractivity contribution in [1.82, 2.24) is 0 Å². The molecule has 0 saturated carbocycles. The van der Waals surface area contributed by atoms with E-state index in [4.69, 9.17) is 9.47 Å². The number of hydrogen-bond acceptors (Lipinski definition) is 7. The number of esters is 1. The molecular weight excluding hydrogens is 442 g/mol. The maximum absolute atomic E-state index is 13.4. The van der Waals surface area contributed by atoms with Crippen molar-refractivity contribution in [3.05, 3.63) is 95.1 Å². The molecule has 3 aromatic rings. The number of methoxy groups -OCH3 is 1. The Morgan fingerprint density at radius 3 is 2.36 bits per heavy atom. The summed E-state index contributed by atoms with van der Waals surface area (Å²) in [6, 6.07) is 20.6. The zero-order valence-electron chi connectivity index (χ0n) is 18.0. The molecule has 1 atom stereocenters. The summed E-state index contributed by atoms with van der Waals surface area (Å²) >= 11 is 0. The predicted molar refractivity (Wildman–Crippen MR) is 122 cm³/mol. The molecule has 0 saturated heterocycles. The molecule has 0 spiro atoms. The Bertz CT molecular complexity index is 1290. The Morgan fingerprint density at radius 2 is 1.73 bits per heavy atom. The fraction of sp³-hybridized carbons (Fsp3) is 0.200. The molecule has 0 aromatic heterocycles. The van der Waals surface area contributed by atoms with Crippen molar-refractivity contribution in [1.29, 1.82) is 0 Å². The standard InChI is InChI=1S/C25H23NO6S/c1-31-25(27)21-14-20-19(15-23(21)32-16-17-8-4-2-5-9-17)22(26-28)12-13-24(20)33(29,30)18-10-6-3-7-11-18/h2-11,14-15,24,28H,12-13,16H2,1H3. The van der Waals surface area contributed by atoms with Crippen molar-refractivity contribution in [3.63, 3.8) is 0 Å². The van der Waals surface area contributed by atoms with Crippen LogP contribution >= 0.6 is 0 Å². The average molecular weight is 466 g/mol. The second kappa shape index (κ2) is 9.46. The van der Waals surface area contributed by atoms with Gasteiger partial charge in [-0.25, -0.2) is 13.2 Å². The van der Waals surface area contributed by atoms with E-state index in [0.29, 0.717) is 16.8 Å². The van der Waals surface area contributed by atoms with Gasteiger partial charge in [-0.3, -0.25) is 0 Å². The van der Waals surface area contributed by atoms with E-state index in [1.807, 2.05) is 30.3 Å². The lowest BCUT2D eigenvalue weighted by Crippen LogP contribution is -2.24. The molecule has 1 N–H and O–H groups in total. The zero-order chi connectivity index (χ0) is 23.4. The molecule has 33 heavy (non-hydrogen) atoms. The van der Waals surface area contributed by atoms with Crippen molar-refractivity contribution in [3.8, 4) is 5.75 Å². The lowest BCUT2D eigenvalue weighted by Gasteiger charge is -2.27. The summed E-state index contributed by atoms with van der Waals surface area (Å²) in [7, 11) is -2.50. The van der Waals surface area contributed by atoms with Gasteiger partial charge in [-0.15, -0.1) is 0 Å². The van der Waals surface area contributed by atoms with Crippen LogP contribution in [0.15, 0.2) is 82.8 Å². The van der Waals surface area contributed by atoms with E-state index in [9.17, 15) is 18.4 Å². The molecule has 0 bridgehead atoms. The Labute approximate surface area is 192 Å². The van der Waals surface area contributed by atoms with Crippen LogP contribution in [0.25, 0.3) is 0 Å². The molecule has 3 aromatic carbocycles. The molecule has 7 nitrogen and oxygen atoms in total. The number of benzene rings is 3. The van der Waals surface area contributed by atoms with Gasteiger partial charge >= 0.3 is 5.97 Å². The third-order valence-electron chi connectivity index (χ3n) is 5.66. The predicted octanol–water partition coefficient (Wildman–Crippen LogP) is 4.54. The fourth-order valence-electron chi connectivity index (χ4n) is 4.00. The molecule has 0 fully saturated rings. The SMILES string of the molecule is COC(=O)c1cc2c(cc1OCc1ccccc1)C(=NO)CCC2S(=O)(=O)c1ccccc1. The minimum absolute atomic E-state index is 0.111. The average Bonchev–Trinajstić information content (AvgIpc) is 2.86. The third-order valence-corrected chi connectivity index (χ3v) is 7.83. The summed E-state index contributed by atoms with van der Waals surface area (Å²) in [6.07, 6.45) is 0.477. The first kappa shape index (κ1) is 22.5. The van der Waals surface area contributed by atoms with E-state index in [0.717, 1.165) is 5.56 Å². The molecule has 0 amide bonds. The van der Waals surface area contributed by atoms with Crippen LogP contribution in [0.4, 0.5) is 0 Å². The van der Waals surface area contributed by atoms with Gasteiger partial charge in [-0.2, -0.15) is 0 Å². The quantitative estimate of drug-likeness (QED) is 0.326. The van der Waals surface area contributed by atoms with Crippen molar-refractivity contribution in [2.45, 2.75) is 29.6 Å². The van der Waals surface area contributed by atoms with Crippen LogP contribution in [-0.2, 0) is 21.2 Å². The van der Waals surface area contributed by atoms with Gasteiger partial charge in [0.1, 0.15) is 17.9 Å². The summed E-state index contributed by atoms with van der Waals surface area (Å²) in [4.78, 5) is 12.8. The second-order valence-electron chi connectivity index (χ2n) is 7.63. The van der Waals surface area contributed by atoms with Crippen molar-refractivity contribution in [2.24, 2.45) is 5.16 Å². The van der Waals surface area contributed by atoms with Crippen LogP contribution in [0.2, 0.25) is 0 Å². The topological polar surface area (TPSA) is 102 Å². The summed E-state index contributed by atoms with van der Waals surface area (Å²) in [5.74, 6) is -0.423. The Hall–Kier alpha value is -3.65. The highest BCUT2D eigenvalue weighted by molar-refractivity contribution is 7.91. The van der Waals surface area contributed by atoms with Gasteiger partial charge in [-0.05, 0) is 48.2 Å². The van der Waals surface area contributed by atoms with Crippen LogP contribution in [0.1, 0.15) is 45.1 Å². The van der Waals surface area contributed by atoms with Gasteiger partial charge in [0.15, 0.2) is 9.84 Å². The van der Waals surface area contributed by atoms with E-state index < -0.39 is 21.1 Å². The molecular formula is C25H23NO6S. The molecule has 1 aliphatic rings. The Balaban J connectivity index is 1.82. The number of nitrogens with zero attached hydrogens (tertiary/aromatic N) is 1. The number of oxime groups is 1. The number of sulfone groups is 1. The van der Waals surface area contributed by atoms with Crippen LogP contribution in [0.5, 0.6) is 5.75 Å². The van der Waals surface area contributed by atoms with E-state index in [1.54, 1.807) is 36.4 Å². The second-order valence-corrected chi connectivity index (χ2v) is 9.76. The van der Waals surface area contributed by atoms with E-state index in [2.05, 4.69) is 5.16 Å². The first-order valence-corrected chi connectivity index (χ1v) is 11.9. The smallest absolute Gasteiger partial charge is 0.341 e. The van der Waals surface area contributed by atoms with E-state index in [-0.39, 0.29) is 35.7 Å². The molecule has 170 valence electrons. The molecule has 1 unspecified atom stereocenters. The van der Waals surface area contributed by atoms with Gasteiger partial charge in [0, 0.05) is 5.56 Å². The van der Waals surface area contributed by atoms with Crippen molar-refractivity contribution < 1.29 is 27.9 Å². The Kier molecular flexibility index (Phi) is 6.46. The number of fused-ring (bicyclic) bond motifs is 1. The largest absolute Gasteiger partial charge is 0.488 e. The normalized spacial score (nSPS) is 16.8. The van der Waals surface area contributed by atoms with Gasteiger partial charge in [0.05, 0.1) is 23.0 Å². The third kappa shape index (κ3) is 4.47. The molecule has 0 heterocycles. The van der Waals surface area contributed by atoms with E-state index in [1.165, 1.54) is 13.2 Å². The first-order valence-electron chi connectivity index (χ1n) is 10.4. The molecule has 8 heteroatoms. The summed E-state index contributed by atoms with van der Waals surface area (Å²) in [5, 5.41) is 12.0. The van der Waals surface area contributed by atoms with Gasteiger partial charge in [-0.1, -0.05) is 53.7 Å². The molecule has 1 aliphatic carbocycles. The fourth-order valence-corrected chi connectivity index (χ4v) is 5.82. The Morgan fingerprint density at radius 1 is 1.06 bits per heavy atom. The van der Waals surface area contributed by atoms with Crippen LogP contribution in [0.3, 0.4) is 0 Å². The lowest BCUT2D eigenvalue weighted by atomic mass is 9.88. The number of carbonyl (C=O) groups is 1. The van der Waals surface area contributed by atoms with Crippen LogP contribution < -0.4 is 4.74 Å². The van der Waals surface area contributed by atoms with Crippen LogP contribution in [0, 0.1) is 0 Å². The van der Waals surface area contributed by atoms with Gasteiger partial charge in [0.25, 0.3) is 0 Å². The molecule has 0 radical (unpaired) electrons. The summed E-state index contributed by atoms with van der Waals surface area (Å²) < 4.78 is 37.7. The van der Waals surface area contributed by atoms with Gasteiger partial charge in [0.2, 0.25) is 0 Å². The summed E-state index contributed by atoms with van der Waals surface area (Å²) in [6.45, 7) is 0.195. The molecule has 0 aliphatic heterocycles. The first-order chi connectivity index (χ1) is 16.0. The number of carbonyl (C=O) groups excluding carboxylic acids is 1. The van der Waals surface area contributed by atoms with Gasteiger partial charge < -0.3 is 14.7 Å². The van der Waals surface area contributed by atoms with Crippen molar-refractivity contribution in [2.75, 3.05) is 7.11 Å². The van der Waals surface area contributed by atoms with E-state index >= 15 is 0 Å². The van der Waals surface area contributed by atoms with Crippen molar-refractivity contribution >= 4 is 21.5 Å². The molecule has 4 rings (SSSR count). The monoisotopic (exact) mass is 465 g/mol.